The van der Waals surface area contributed by atoms with Gasteiger partial charge in [-0.05, 0) is 25.1 Å². The highest BCUT2D eigenvalue weighted by Crippen LogP contribution is 2.27. The lowest BCUT2D eigenvalue weighted by molar-refractivity contribution is -0.386. The molecule has 1 atom stereocenters. The molecule has 0 aliphatic carbocycles. The normalized spacial score (nSPS) is 11.6. The zero-order chi connectivity index (χ0) is 14.3. The summed E-state index contributed by atoms with van der Waals surface area (Å²) >= 11 is 0. The summed E-state index contributed by atoms with van der Waals surface area (Å²) in [6.07, 6.45) is 0.856. The first-order chi connectivity index (χ1) is 9.08. The summed E-state index contributed by atoms with van der Waals surface area (Å²) in [6, 6.07) is 4.46. The minimum atomic E-state index is -0.723. The third-order valence-corrected chi connectivity index (χ3v) is 2.32. The topological polar surface area (TPSA) is 88.2 Å². The second-order valence-corrected chi connectivity index (χ2v) is 3.82. The lowest BCUT2D eigenvalue weighted by Gasteiger charge is -2.12. The molecule has 0 aliphatic rings. The molecule has 1 rings (SSSR count). The summed E-state index contributed by atoms with van der Waals surface area (Å²) < 4.78 is 18.1. The standard InChI is InChI=1S/C12H14FN3O3/c1-2-5-15-10(7-14)8-19-12-4-3-9(13)6-11(12)16(17)18/h3-4,6,10,15H,2,5,8H2,1H3. The van der Waals surface area contributed by atoms with E-state index in [1.165, 1.54) is 6.07 Å². The van der Waals surface area contributed by atoms with Crippen molar-refractivity contribution in [2.75, 3.05) is 13.2 Å². The first kappa shape index (κ1) is 14.9. The monoisotopic (exact) mass is 267 g/mol. The quantitative estimate of drug-likeness (QED) is 0.603. The van der Waals surface area contributed by atoms with Crippen molar-refractivity contribution in [2.24, 2.45) is 0 Å². The number of nitro benzene ring substituents is 1. The van der Waals surface area contributed by atoms with Gasteiger partial charge in [0.1, 0.15) is 18.5 Å². The number of nitrogens with one attached hydrogen (secondary N) is 1. The molecule has 1 N–H and O–H groups in total. The zero-order valence-electron chi connectivity index (χ0n) is 10.4. The van der Waals surface area contributed by atoms with E-state index in [0.29, 0.717) is 6.54 Å². The Bertz CT molecular complexity index is 488. The number of halogens is 1. The van der Waals surface area contributed by atoms with Crippen LogP contribution >= 0.6 is 0 Å². The highest BCUT2D eigenvalue weighted by Gasteiger charge is 2.17. The second-order valence-electron chi connectivity index (χ2n) is 3.82. The minimum Gasteiger partial charge on any atom is -0.484 e. The molecule has 6 nitrogen and oxygen atoms in total. The summed E-state index contributed by atoms with van der Waals surface area (Å²) in [5, 5.41) is 22.5. The molecule has 19 heavy (non-hydrogen) atoms. The largest absolute Gasteiger partial charge is 0.484 e. The van der Waals surface area contributed by atoms with Crippen LogP contribution < -0.4 is 10.1 Å². The van der Waals surface area contributed by atoms with Gasteiger partial charge in [0.25, 0.3) is 0 Å². The van der Waals surface area contributed by atoms with Crippen LogP contribution in [0.15, 0.2) is 18.2 Å². The van der Waals surface area contributed by atoms with Gasteiger partial charge < -0.3 is 4.74 Å². The summed E-state index contributed by atoms with van der Waals surface area (Å²) in [4.78, 5) is 10.0. The van der Waals surface area contributed by atoms with E-state index in [2.05, 4.69) is 5.32 Å². The van der Waals surface area contributed by atoms with Crippen LogP contribution in [0.1, 0.15) is 13.3 Å². The van der Waals surface area contributed by atoms with Gasteiger partial charge in [-0.25, -0.2) is 4.39 Å². The van der Waals surface area contributed by atoms with Gasteiger partial charge >= 0.3 is 5.69 Å². The van der Waals surface area contributed by atoms with Crippen LogP contribution in [0.2, 0.25) is 0 Å². The molecule has 0 amide bonds. The number of hydrogen-bond donors (Lipinski definition) is 1. The van der Waals surface area contributed by atoms with Gasteiger partial charge in [-0.2, -0.15) is 5.26 Å². The van der Waals surface area contributed by atoms with Crippen LogP contribution in [0.5, 0.6) is 5.75 Å². The molecular formula is C12H14FN3O3. The predicted octanol–water partition coefficient (Wildman–Crippen LogP) is 2.00. The van der Waals surface area contributed by atoms with Crippen molar-refractivity contribution in [3.8, 4) is 11.8 Å². The summed E-state index contributed by atoms with van der Waals surface area (Å²) in [5.41, 5.74) is -0.452. The van der Waals surface area contributed by atoms with E-state index in [0.717, 1.165) is 18.6 Å². The lowest BCUT2D eigenvalue weighted by atomic mass is 10.3. The Morgan fingerprint density at radius 3 is 2.95 bits per heavy atom. The molecular weight excluding hydrogens is 253 g/mol. The van der Waals surface area contributed by atoms with Crippen molar-refractivity contribution in [1.82, 2.24) is 5.32 Å². The summed E-state index contributed by atoms with van der Waals surface area (Å²) in [5.74, 6) is -0.759. The van der Waals surface area contributed by atoms with Gasteiger partial charge in [0.2, 0.25) is 0 Å². The highest BCUT2D eigenvalue weighted by molar-refractivity contribution is 5.46. The number of ether oxygens (including phenoxy) is 1. The van der Waals surface area contributed by atoms with Crippen LogP contribution in [-0.4, -0.2) is 24.1 Å². The molecule has 1 aromatic rings. The number of nitriles is 1. The number of nitro groups is 1. The van der Waals surface area contributed by atoms with E-state index in [4.69, 9.17) is 10.00 Å². The summed E-state index contributed by atoms with van der Waals surface area (Å²) in [6.45, 7) is 2.56. The Morgan fingerprint density at radius 2 is 2.37 bits per heavy atom. The fraction of sp³-hybridized carbons (Fsp3) is 0.417. The van der Waals surface area contributed by atoms with Gasteiger partial charge in [-0.1, -0.05) is 6.92 Å². The number of hydrogen-bond acceptors (Lipinski definition) is 5. The molecule has 0 aromatic heterocycles. The van der Waals surface area contributed by atoms with Crippen LogP contribution in [0.25, 0.3) is 0 Å². The lowest BCUT2D eigenvalue weighted by Crippen LogP contribution is -2.33. The van der Waals surface area contributed by atoms with Crippen molar-refractivity contribution in [2.45, 2.75) is 19.4 Å². The fourth-order valence-electron chi connectivity index (χ4n) is 1.39. The molecule has 0 aliphatic heterocycles. The number of nitrogens with zero attached hydrogens (tertiary/aromatic N) is 2. The van der Waals surface area contributed by atoms with E-state index < -0.39 is 22.5 Å². The molecule has 0 spiro atoms. The van der Waals surface area contributed by atoms with Crippen LogP contribution in [0, 0.1) is 27.3 Å². The van der Waals surface area contributed by atoms with Gasteiger partial charge in [0.15, 0.2) is 5.75 Å². The fourth-order valence-corrected chi connectivity index (χ4v) is 1.39. The molecule has 0 radical (unpaired) electrons. The Hall–Kier alpha value is -2.20. The Kier molecular flexibility index (Phi) is 5.70. The van der Waals surface area contributed by atoms with E-state index >= 15 is 0 Å². The van der Waals surface area contributed by atoms with Crippen LogP contribution in [0.3, 0.4) is 0 Å². The van der Waals surface area contributed by atoms with Crippen molar-refractivity contribution < 1.29 is 14.1 Å². The molecule has 1 aromatic carbocycles. The SMILES string of the molecule is CCCNC(C#N)COc1ccc(F)cc1[N+](=O)[O-]. The second kappa shape index (κ2) is 7.28. The molecule has 102 valence electrons. The average Bonchev–Trinajstić information content (AvgIpc) is 2.40. The molecule has 0 heterocycles. The molecule has 1 unspecified atom stereocenters. The molecule has 0 saturated heterocycles. The first-order valence-corrected chi connectivity index (χ1v) is 5.78. The molecule has 7 heteroatoms. The maximum absolute atomic E-state index is 12.9. The van der Waals surface area contributed by atoms with Crippen molar-refractivity contribution in [3.63, 3.8) is 0 Å². The van der Waals surface area contributed by atoms with Crippen molar-refractivity contribution in [1.29, 1.82) is 5.26 Å². The smallest absolute Gasteiger partial charge is 0.313 e. The van der Waals surface area contributed by atoms with Gasteiger partial charge in [0, 0.05) is 0 Å². The minimum absolute atomic E-state index is 0.0387. The van der Waals surface area contributed by atoms with E-state index in [1.54, 1.807) is 0 Å². The van der Waals surface area contributed by atoms with E-state index in [1.807, 2.05) is 13.0 Å². The maximum Gasteiger partial charge on any atom is 0.313 e. The van der Waals surface area contributed by atoms with Crippen LogP contribution in [0.4, 0.5) is 10.1 Å². The van der Waals surface area contributed by atoms with Gasteiger partial charge in [0.05, 0.1) is 17.1 Å². The maximum atomic E-state index is 12.9. The molecule has 0 fully saturated rings. The predicted molar refractivity (Wildman–Crippen MR) is 66.2 cm³/mol. The van der Waals surface area contributed by atoms with E-state index in [-0.39, 0.29) is 12.4 Å². The highest BCUT2D eigenvalue weighted by atomic mass is 19.1. The van der Waals surface area contributed by atoms with Gasteiger partial charge in [-0.15, -0.1) is 0 Å². The molecule has 0 bridgehead atoms. The summed E-state index contributed by atoms with van der Waals surface area (Å²) in [7, 11) is 0. The Morgan fingerprint density at radius 1 is 1.63 bits per heavy atom. The number of benzene rings is 1. The average molecular weight is 267 g/mol. The van der Waals surface area contributed by atoms with Crippen molar-refractivity contribution >= 4 is 5.69 Å². The third-order valence-electron chi connectivity index (χ3n) is 2.32. The first-order valence-electron chi connectivity index (χ1n) is 5.78. The Balaban J connectivity index is 2.72. The van der Waals surface area contributed by atoms with Crippen LogP contribution in [-0.2, 0) is 0 Å². The van der Waals surface area contributed by atoms with Gasteiger partial charge in [-0.3, -0.25) is 15.4 Å². The van der Waals surface area contributed by atoms with Crippen molar-refractivity contribution in [3.05, 3.63) is 34.1 Å². The third kappa shape index (κ3) is 4.52. The van der Waals surface area contributed by atoms with E-state index in [9.17, 15) is 14.5 Å². The zero-order valence-corrected chi connectivity index (χ0v) is 10.4. The Labute approximate surface area is 109 Å². The molecule has 0 saturated carbocycles. The number of rotatable bonds is 7.